The summed E-state index contributed by atoms with van der Waals surface area (Å²) in [5.41, 5.74) is 6.43. The van der Waals surface area contributed by atoms with Crippen LogP contribution in [0.5, 0.6) is 0 Å². The third-order valence-electron chi connectivity index (χ3n) is 1.82. The number of rotatable bonds is 4. The van der Waals surface area contributed by atoms with Gasteiger partial charge in [0.1, 0.15) is 0 Å². The van der Waals surface area contributed by atoms with Crippen molar-refractivity contribution < 1.29 is 5.11 Å². The van der Waals surface area contributed by atoms with Crippen LogP contribution in [-0.4, -0.2) is 23.2 Å². The zero-order valence-electron chi connectivity index (χ0n) is 6.98. The molecule has 1 rings (SSSR count). The fraction of sp³-hybridized carbons (Fsp3) is 0.444. The number of hydrogen-bond donors (Lipinski definition) is 2. The molecule has 3 heteroatoms. The van der Waals surface area contributed by atoms with Crippen molar-refractivity contribution in [3.05, 3.63) is 30.1 Å². The summed E-state index contributed by atoms with van der Waals surface area (Å²) in [6, 6.07) is 5.76. The minimum absolute atomic E-state index is 0.132. The van der Waals surface area contributed by atoms with E-state index >= 15 is 0 Å². The van der Waals surface area contributed by atoms with Crippen molar-refractivity contribution in [2.75, 3.05) is 13.2 Å². The summed E-state index contributed by atoms with van der Waals surface area (Å²) < 4.78 is 0. The van der Waals surface area contributed by atoms with Gasteiger partial charge >= 0.3 is 0 Å². The van der Waals surface area contributed by atoms with Crippen molar-refractivity contribution in [2.24, 2.45) is 11.7 Å². The quantitative estimate of drug-likeness (QED) is 0.671. The maximum absolute atomic E-state index is 8.88. The highest BCUT2D eigenvalue weighted by Gasteiger charge is 2.05. The Morgan fingerprint density at radius 2 is 2.33 bits per heavy atom. The van der Waals surface area contributed by atoms with Gasteiger partial charge in [-0.05, 0) is 31.0 Å². The molecule has 1 aromatic heterocycles. The molecule has 1 atom stereocenters. The monoisotopic (exact) mass is 166 g/mol. The first-order valence-electron chi connectivity index (χ1n) is 4.07. The van der Waals surface area contributed by atoms with Crippen LogP contribution in [0.15, 0.2) is 24.4 Å². The van der Waals surface area contributed by atoms with Gasteiger partial charge in [0.25, 0.3) is 0 Å². The second kappa shape index (κ2) is 4.85. The number of hydrogen-bond acceptors (Lipinski definition) is 3. The number of nitrogens with zero attached hydrogens (tertiary/aromatic N) is 1. The van der Waals surface area contributed by atoms with E-state index in [9.17, 15) is 0 Å². The normalized spacial score (nSPS) is 12.8. The van der Waals surface area contributed by atoms with E-state index in [4.69, 9.17) is 10.8 Å². The van der Waals surface area contributed by atoms with Gasteiger partial charge in [0.2, 0.25) is 0 Å². The maximum atomic E-state index is 8.88. The Balaban J connectivity index is 2.51. The molecule has 0 aliphatic rings. The average molecular weight is 166 g/mol. The summed E-state index contributed by atoms with van der Waals surface area (Å²) >= 11 is 0. The molecule has 0 saturated heterocycles. The Bertz CT molecular complexity index is 209. The fourth-order valence-corrected chi connectivity index (χ4v) is 1.04. The minimum Gasteiger partial charge on any atom is -0.396 e. The summed E-state index contributed by atoms with van der Waals surface area (Å²) in [7, 11) is 0. The highest BCUT2D eigenvalue weighted by molar-refractivity contribution is 5.04. The molecule has 1 heterocycles. The number of nitrogens with two attached hydrogens (primary N) is 1. The van der Waals surface area contributed by atoms with Crippen molar-refractivity contribution in [1.82, 2.24) is 4.98 Å². The summed E-state index contributed by atoms with van der Waals surface area (Å²) in [4.78, 5) is 4.15. The molecule has 1 aromatic rings. The van der Waals surface area contributed by atoms with Crippen molar-refractivity contribution in [3.63, 3.8) is 0 Å². The summed E-state index contributed by atoms with van der Waals surface area (Å²) in [5.74, 6) is 0.139. The van der Waals surface area contributed by atoms with Gasteiger partial charge in [0.15, 0.2) is 0 Å². The van der Waals surface area contributed by atoms with Crippen LogP contribution in [0.2, 0.25) is 0 Å². The smallest absolute Gasteiger partial charge is 0.0475 e. The van der Waals surface area contributed by atoms with Crippen LogP contribution in [0.3, 0.4) is 0 Å². The van der Waals surface area contributed by atoms with E-state index < -0.39 is 0 Å². The first-order chi connectivity index (χ1) is 5.86. The summed E-state index contributed by atoms with van der Waals surface area (Å²) in [5, 5.41) is 8.88. The molecule has 3 N–H and O–H groups in total. The molecule has 3 nitrogen and oxygen atoms in total. The van der Waals surface area contributed by atoms with Gasteiger partial charge in [0.05, 0.1) is 0 Å². The van der Waals surface area contributed by atoms with E-state index in [-0.39, 0.29) is 12.5 Å². The van der Waals surface area contributed by atoms with Crippen LogP contribution in [0.25, 0.3) is 0 Å². The topological polar surface area (TPSA) is 59.1 Å². The van der Waals surface area contributed by atoms with E-state index in [0.717, 1.165) is 12.1 Å². The highest BCUT2D eigenvalue weighted by Crippen LogP contribution is 2.03. The molecule has 0 spiro atoms. The van der Waals surface area contributed by atoms with Crippen LogP contribution in [0.4, 0.5) is 0 Å². The van der Waals surface area contributed by atoms with Crippen molar-refractivity contribution in [1.29, 1.82) is 0 Å². The Hall–Kier alpha value is -0.930. The highest BCUT2D eigenvalue weighted by atomic mass is 16.3. The molecule has 66 valence electrons. The largest absolute Gasteiger partial charge is 0.396 e. The average Bonchev–Trinajstić information content (AvgIpc) is 2.16. The van der Waals surface area contributed by atoms with Crippen molar-refractivity contribution in [2.45, 2.75) is 6.42 Å². The van der Waals surface area contributed by atoms with E-state index in [1.54, 1.807) is 6.20 Å². The van der Waals surface area contributed by atoms with Gasteiger partial charge in [-0.3, -0.25) is 4.98 Å². The van der Waals surface area contributed by atoms with Gasteiger partial charge in [0, 0.05) is 18.5 Å². The van der Waals surface area contributed by atoms with Crippen molar-refractivity contribution in [3.8, 4) is 0 Å². The lowest BCUT2D eigenvalue weighted by Crippen LogP contribution is -2.20. The molecule has 0 aliphatic carbocycles. The molecular formula is C9H14N2O. The Labute approximate surface area is 72.2 Å². The predicted octanol–water partition coefficient (Wildman–Crippen LogP) is 0.191. The van der Waals surface area contributed by atoms with Crippen LogP contribution in [0, 0.1) is 5.92 Å². The molecule has 0 fully saturated rings. The molecule has 0 aromatic carbocycles. The Kier molecular flexibility index (Phi) is 3.70. The van der Waals surface area contributed by atoms with Gasteiger partial charge < -0.3 is 10.8 Å². The SMILES string of the molecule is NC[C@@H](CO)Cc1ccccn1. The van der Waals surface area contributed by atoms with E-state index in [0.29, 0.717) is 6.54 Å². The molecule has 0 saturated carbocycles. The second-order valence-corrected chi connectivity index (χ2v) is 2.81. The van der Waals surface area contributed by atoms with Crippen molar-refractivity contribution >= 4 is 0 Å². The lowest BCUT2D eigenvalue weighted by Gasteiger charge is -2.09. The van der Waals surface area contributed by atoms with Gasteiger partial charge in [-0.2, -0.15) is 0 Å². The van der Waals surface area contributed by atoms with Gasteiger partial charge in [-0.15, -0.1) is 0 Å². The van der Waals surface area contributed by atoms with Gasteiger partial charge in [-0.25, -0.2) is 0 Å². The third-order valence-corrected chi connectivity index (χ3v) is 1.82. The second-order valence-electron chi connectivity index (χ2n) is 2.81. The number of aromatic nitrogens is 1. The lowest BCUT2D eigenvalue weighted by molar-refractivity contribution is 0.229. The number of aliphatic hydroxyl groups excluding tert-OH is 1. The molecule has 0 unspecified atom stereocenters. The molecule has 0 amide bonds. The lowest BCUT2D eigenvalue weighted by atomic mass is 10.0. The Morgan fingerprint density at radius 1 is 1.50 bits per heavy atom. The van der Waals surface area contributed by atoms with Crippen LogP contribution >= 0.6 is 0 Å². The van der Waals surface area contributed by atoms with E-state index in [1.165, 1.54) is 0 Å². The fourth-order valence-electron chi connectivity index (χ4n) is 1.04. The van der Waals surface area contributed by atoms with Crippen LogP contribution < -0.4 is 5.73 Å². The standard InChI is InChI=1S/C9H14N2O/c10-6-8(7-12)5-9-3-1-2-4-11-9/h1-4,8,12H,5-7,10H2/t8-/m0/s1. The zero-order valence-corrected chi connectivity index (χ0v) is 6.98. The number of pyridine rings is 1. The van der Waals surface area contributed by atoms with Crippen LogP contribution in [-0.2, 0) is 6.42 Å². The minimum atomic E-state index is 0.132. The predicted molar refractivity (Wildman–Crippen MR) is 47.6 cm³/mol. The summed E-state index contributed by atoms with van der Waals surface area (Å²) in [6.07, 6.45) is 2.51. The summed E-state index contributed by atoms with van der Waals surface area (Å²) in [6.45, 7) is 0.639. The van der Waals surface area contributed by atoms with E-state index in [1.807, 2.05) is 18.2 Å². The molecule has 0 aliphatic heterocycles. The number of aliphatic hydroxyl groups is 1. The first-order valence-corrected chi connectivity index (χ1v) is 4.07. The molecular weight excluding hydrogens is 152 g/mol. The van der Waals surface area contributed by atoms with Crippen LogP contribution in [0.1, 0.15) is 5.69 Å². The molecule has 0 radical (unpaired) electrons. The third kappa shape index (κ3) is 2.60. The first kappa shape index (κ1) is 9.16. The molecule has 0 bridgehead atoms. The van der Waals surface area contributed by atoms with Gasteiger partial charge in [-0.1, -0.05) is 6.07 Å². The Morgan fingerprint density at radius 3 is 2.83 bits per heavy atom. The van der Waals surface area contributed by atoms with E-state index in [2.05, 4.69) is 4.98 Å². The maximum Gasteiger partial charge on any atom is 0.0475 e. The molecule has 12 heavy (non-hydrogen) atoms. The zero-order chi connectivity index (χ0) is 8.81.